The summed E-state index contributed by atoms with van der Waals surface area (Å²) in [5.41, 5.74) is 2.26. The third-order valence-corrected chi connectivity index (χ3v) is 7.55. The van der Waals surface area contributed by atoms with Crippen molar-refractivity contribution in [1.82, 2.24) is 15.0 Å². The lowest BCUT2D eigenvalue weighted by Crippen LogP contribution is -2.50. The van der Waals surface area contributed by atoms with Gasteiger partial charge in [0.25, 0.3) is 5.91 Å². The minimum atomic E-state index is -0.501. The van der Waals surface area contributed by atoms with Crippen molar-refractivity contribution in [2.24, 2.45) is 5.92 Å². The number of fused-ring (bicyclic) bond motifs is 1. The maximum atomic E-state index is 13.6. The van der Waals surface area contributed by atoms with E-state index in [9.17, 15) is 14.4 Å². The molecular formula is C30H37ClN6O6. The second kappa shape index (κ2) is 13.8. The fraction of sp³-hybridized carbons (Fsp3) is 0.400. The van der Waals surface area contributed by atoms with Gasteiger partial charge in [-0.1, -0.05) is 29.7 Å². The Morgan fingerprint density at radius 1 is 1.05 bits per heavy atom. The van der Waals surface area contributed by atoms with E-state index in [2.05, 4.69) is 21.1 Å². The van der Waals surface area contributed by atoms with Gasteiger partial charge in [0.2, 0.25) is 0 Å². The van der Waals surface area contributed by atoms with Crippen LogP contribution in [0.1, 0.15) is 35.7 Å². The van der Waals surface area contributed by atoms with E-state index in [1.54, 1.807) is 80.3 Å². The molecule has 0 spiro atoms. The number of ether oxygens (including phenoxy) is 2. The molecule has 2 heterocycles. The number of aromatic nitrogens is 1. The van der Waals surface area contributed by atoms with Crippen molar-refractivity contribution < 1.29 is 28.4 Å². The van der Waals surface area contributed by atoms with E-state index >= 15 is 0 Å². The van der Waals surface area contributed by atoms with E-state index in [1.165, 1.54) is 0 Å². The number of rotatable bonds is 4. The molecule has 230 valence electrons. The predicted octanol–water partition coefficient (Wildman–Crippen LogP) is 5.63. The quantitative estimate of drug-likeness (QED) is 0.347. The zero-order valence-electron chi connectivity index (χ0n) is 25.1. The molecule has 0 aliphatic carbocycles. The number of halogens is 1. The molecule has 3 atom stereocenters. The summed E-state index contributed by atoms with van der Waals surface area (Å²) in [5, 5.41) is 12.8. The third-order valence-electron chi connectivity index (χ3n) is 7.31. The highest BCUT2D eigenvalue weighted by molar-refractivity contribution is 6.30. The Hall–Kier alpha value is -4.29. The number of methoxy groups -OCH3 is 1. The van der Waals surface area contributed by atoms with E-state index in [0.717, 1.165) is 0 Å². The number of nitrogens with one attached hydrogen (secondary N) is 3. The van der Waals surface area contributed by atoms with Gasteiger partial charge < -0.3 is 39.7 Å². The lowest BCUT2D eigenvalue weighted by atomic mass is 10.0. The van der Waals surface area contributed by atoms with Crippen molar-refractivity contribution in [1.29, 1.82) is 0 Å². The first kappa shape index (κ1) is 31.6. The number of carbonyl (C=O) groups is 3. The van der Waals surface area contributed by atoms with Crippen molar-refractivity contribution >= 4 is 46.6 Å². The van der Waals surface area contributed by atoms with Gasteiger partial charge in [0.1, 0.15) is 23.7 Å². The molecule has 0 saturated carbocycles. The summed E-state index contributed by atoms with van der Waals surface area (Å²) in [4.78, 5) is 43.1. The number of nitrogens with zero attached hydrogens (tertiary/aromatic N) is 3. The third kappa shape index (κ3) is 7.76. The highest BCUT2D eigenvalue weighted by atomic mass is 35.5. The number of hydrogen-bond acceptors (Lipinski definition) is 7. The van der Waals surface area contributed by atoms with Crippen LogP contribution in [0.3, 0.4) is 0 Å². The van der Waals surface area contributed by atoms with Crippen LogP contribution in [0.25, 0.3) is 0 Å². The minimum Gasteiger partial charge on any atom is -0.491 e. The summed E-state index contributed by atoms with van der Waals surface area (Å²) in [6, 6.07) is 10.4. The van der Waals surface area contributed by atoms with Crippen LogP contribution in [0.2, 0.25) is 5.02 Å². The summed E-state index contributed by atoms with van der Waals surface area (Å²) >= 11 is 6.02. The first-order chi connectivity index (χ1) is 20.5. The Labute approximate surface area is 255 Å². The zero-order valence-corrected chi connectivity index (χ0v) is 25.8. The van der Waals surface area contributed by atoms with Crippen LogP contribution >= 0.6 is 11.6 Å². The van der Waals surface area contributed by atoms with Gasteiger partial charge in [0.15, 0.2) is 5.76 Å². The standard InChI is InChI=1S/C30H37ClN6O6/c1-17-14-37(30(40)34-27-19(3)35-43-20(27)4)18(2)16-42-25-11-10-23(13-24(25)28(38)36(5)15-26(17)41-6)33-29(39)32-22-9-7-8-21(31)12-22/h7-13,17-18,26H,14-16H2,1-6H3,(H,34,40)(H2,32,33,39)/t17-,18-,26+/m0/s1. The average molecular weight is 613 g/mol. The number of hydrogen-bond donors (Lipinski definition) is 3. The Kier molecular flexibility index (Phi) is 10.1. The second-order valence-electron chi connectivity index (χ2n) is 10.7. The average Bonchev–Trinajstić information content (AvgIpc) is 3.28. The maximum absolute atomic E-state index is 13.6. The number of amides is 5. The molecule has 3 aromatic rings. The van der Waals surface area contributed by atoms with Crippen molar-refractivity contribution in [3.63, 3.8) is 0 Å². The summed E-state index contributed by atoms with van der Waals surface area (Å²) in [5.74, 6) is 0.384. The molecule has 0 bridgehead atoms. The van der Waals surface area contributed by atoms with Crippen molar-refractivity contribution in [2.45, 2.75) is 39.8 Å². The molecule has 1 aromatic heterocycles. The monoisotopic (exact) mass is 612 g/mol. The second-order valence-corrected chi connectivity index (χ2v) is 11.1. The SMILES string of the molecule is CO[C@@H]1CN(C)C(=O)c2cc(NC(=O)Nc3cccc(Cl)c3)ccc2OC[C@H](C)N(C(=O)Nc2c(C)noc2C)C[C@@H]1C. The Bertz CT molecular complexity index is 1460. The van der Waals surface area contributed by atoms with Gasteiger partial charge in [-0.15, -0.1) is 0 Å². The summed E-state index contributed by atoms with van der Waals surface area (Å²) < 4.78 is 17.1. The number of urea groups is 2. The number of anilines is 3. The van der Waals surface area contributed by atoms with E-state index in [-0.39, 0.29) is 48.7 Å². The molecular weight excluding hydrogens is 576 g/mol. The number of likely N-dealkylation sites (N-methyl/N-ethyl adjacent to an activating group) is 1. The normalized spacial score (nSPS) is 19.4. The highest BCUT2D eigenvalue weighted by Crippen LogP contribution is 2.27. The number of aryl methyl sites for hydroxylation is 2. The van der Waals surface area contributed by atoms with Gasteiger partial charge in [-0.3, -0.25) is 4.79 Å². The fourth-order valence-electron chi connectivity index (χ4n) is 4.84. The predicted molar refractivity (Wildman–Crippen MR) is 164 cm³/mol. The van der Waals surface area contributed by atoms with Crippen molar-refractivity contribution in [2.75, 3.05) is 49.8 Å². The molecule has 43 heavy (non-hydrogen) atoms. The molecule has 12 nitrogen and oxygen atoms in total. The molecule has 4 rings (SSSR count). The van der Waals surface area contributed by atoms with Gasteiger partial charge >= 0.3 is 12.1 Å². The summed E-state index contributed by atoms with van der Waals surface area (Å²) in [7, 11) is 3.26. The van der Waals surface area contributed by atoms with Crippen LogP contribution in [0.4, 0.5) is 26.7 Å². The van der Waals surface area contributed by atoms with Gasteiger partial charge in [-0.05, 0) is 57.2 Å². The van der Waals surface area contributed by atoms with Crippen LogP contribution in [-0.4, -0.2) is 78.9 Å². The van der Waals surface area contributed by atoms with E-state index in [4.69, 9.17) is 25.6 Å². The zero-order chi connectivity index (χ0) is 31.3. The summed E-state index contributed by atoms with van der Waals surface area (Å²) in [6.45, 7) is 8.04. The highest BCUT2D eigenvalue weighted by Gasteiger charge is 2.31. The topological polar surface area (TPSA) is 138 Å². The smallest absolute Gasteiger partial charge is 0.323 e. The lowest BCUT2D eigenvalue weighted by Gasteiger charge is -2.36. The molecule has 0 fully saturated rings. The number of carbonyl (C=O) groups excluding carboxylic acids is 3. The molecule has 5 amide bonds. The minimum absolute atomic E-state index is 0.103. The lowest BCUT2D eigenvalue weighted by molar-refractivity contribution is 0.0174. The largest absolute Gasteiger partial charge is 0.491 e. The van der Waals surface area contributed by atoms with Gasteiger partial charge in [0.05, 0.1) is 17.7 Å². The fourth-order valence-corrected chi connectivity index (χ4v) is 5.03. The molecule has 0 unspecified atom stereocenters. The van der Waals surface area contributed by atoms with E-state index < -0.39 is 6.03 Å². The molecule has 1 aliphatic rings. The van der Waals surface area contributed by atoms with Crippen LogP contribution in [0.15, 0.2) is 47.0 Å². The molecule has 13 heteroatoms. The first-order valence-electron chi connectivity index (χ1n) is 13.9. The number of benzene rings is 2. The molecule has 0 saturated heterocycles. The van der Waals surface area contributed by atoms with Crippen molar-refractivity contribution in [3.8, 4) is 5.75 Å². The van der Waals surface area contributed by atoms with Gasteiger partial charge in [-0.2, -0.15) is 0 Å². The van der Waals surface area contributed by atoms with Crippen LogP contribution in [0, 0.1) is 19.8 Å². The molecule has 1 aliphatic heterocycles. The Balaban J connectivity index is 1.59. The van der Waals surface area contributed by atoms with Crippen LogP contribution in [0.5, 0.6) is 5.75 Å². The molecule has 0 radical (unpaired) electrons. The Morgan fingerprint density at radius 3 is 2.42 bits per heavy atom. The van der Waals surface area contributed by atoms with Crippen molar-refractivity contribution in [3.05, 3.63) is 64.5 Å². The first-order valence-corrected chi connectivity index (χ1v) is 14.2. The maximum Gasteiger partial charge on any atom is 0.323 e. The summed E-state index contributed by atoms with van der Waals surface area (Å²) in [6.07, 6.45) is -0.371. The Morgan fingerprint density at radius 2 is 1.77 bits per heavy atom. The van der Waals surface area contributed by atoms with E-state index in [0.29, 0.717) is 45.8 Å². The molecule has 3 N–H and O–H groups in total. The van der Waals surface area contributed by atoms with E-state index in [1.807, 2.05) is 13.8 Å². The van der Waals surface area contributed by atoms with Crippen LogP contribution in [-0.2, 0) is 4.74 Å². The van der Waals surface area contributed by atoms with Crippen LogP contribution < -0.4 is 20.7 Å². The van der Waals surface area contributed by atoms with Gasteiger partial charge in [0, 0.05) is 49.6 Å². The molecule has 2 aromatic carbocycles. The van der Waals surface area contributed by atoms with Gasteiger partial charge in [-0.25, -0.2) is 9.59 Å².